The molecule has 1 heterocycles. The fourth-order valence-electron chi connectivity index (χ4n) is 3.68. The smallest absolute Gasteiger partial charge is 0.332 e. The number of hydrogen-bond acceptors (Lipinski definition) is 5. The maximum Gasteiger partial charge on any atom is 0.332 e. The molecule has 0 unspecified atom stereocenters. The van der Waals surface area contributed by atoms with Crippen molar-refractivity contribution in [1.29, 1.82) is 0 Å². The van der Waals surface area contributed by atoms with Gasteiger partial charge in [0.1, 0.15) is 5.82 Å². The van der Waals surface area contributed by atoms with Gasteiger partial charge in [0.05, 0.1) is 17.4 Å². The lowest BCUT2D eigenvalue weighted by Crippen LogP contribution is -2.33. The number of halogens is 1. The molecule has 3 aromatic carbocycles. The van der Waals surface area contributed by atoms with Gasteiger partial charge < -0.3 is 15.5 Å². The van der Waals surface area contributed by atoms with Crippen molar-refractivity contribution >= 4 is 46.5 Å². The molecule has 1 aromatic heterocycles. The second kappa shape index (κ2) is 10.9. The zero-order valence-electron chi connectivity index (χ0n) is 19.8. The van der Waals surface area contributed by atoms with Crippen LogP contribution < -0.4 is 20.4 Å². The van der Waals surface area contributed by atoms with Crippen molar-refractivity contribution in [3.05, 3.63) is 102 Å². The van der Waals surface area contributed by atoms with Crippen LogP contribution >= 0.6 is 11.6 Å². The third-order valence-electron chi connectivity index (χ3n) is 5.40. The molecule has 0 saturated carbocycles. The molecule has 0 saturated heterocycles. The van der Waals surface area contributed by atoms with E-state index in [4.69, 9.17) is 16.6 Å². The van der Waals surface area contributed by atoms with E-state index in [9.17, 15) is 4.79 Å². The molecule has 0 bridgehead atoms. The number of carbonyl (C=O) groups is 1. The van der Waals surface area contributed by atoms with Gasteiger partial charge in [-0.05, 0) is 42.8 Å². The highest BCUT2D eigenvalue weighted by molar-refractivity contribution is 6.31. The molecule has 0 fully saturated rings. The molecule has 0 aliphatic carbocycles. The highest BCUT2D eigenvalue weighted by Crippen LogP contribution is 2.34. The molecule has 0 aliphatic rings. The summed E-state index contributed by atoms with van der Waals surface area (Å²) in [5.41, 5.74) is 3.23. The Hall–Kier alpha value is -4.10. The fourth-order valence-corrected chi connectivity index (χ4v) is 3.87. The van der Waals surface area contributed by atoms with E-state index in [1.807, 2.05) is 80.5 Å². The zero-order valence-corrected chi connectivity index (χ0v) is 20.6. The Bertz CT molecular complexity index is 1300. The summed E-state index contributed by atoms with van der Waals surface area (Å²) in [7, 11) is 3.86. The van der Waals surface area contributed by atoms with E-state index in [1.165, 1.54) is 4.90 Å². The molecule has 2 amide bonds. The Kier molecular flexibility index (Phi) is 7.48. The monoisotopic (exact) mass is 486 g/mol. The number of nitrogens with zero attached hydrogens (tertiary/aromatic N) is 4. The first-order valence-corrected chi connectivity index (χ1v) is 11.6. The Morgan fingerprint density at radius 1 is 0.914 bits per heavy atom. The van der Waals surface area contributed by atoms with Crippen LogP contribution in [0.1, 0.15) is 18.5 Å². The van der Waals surface area contributed by atoms with Crippen molar-refractivity contribution in [3.63, 3.8) is 0 Å². The summed E-state index contributed by atoms with van der Waals surface area (Å²) in [6.45, 7) is 2.04. The lowest BCUT2D eigenvalue weighted by Gasteiger charge is -2.27. The predicted octanol–water partition coefficient (Wildman–Crippen LogP) is 6.74. The van der Waals surface area contributed by atoms with E-state index in [1.54, 1.807) is 36.5 Å². The van der Waals surface area contributed by atoms with Crippen molar-refractivity contribution in [2.75, 3.05) is 34.5 Å². The van der Waals surface area contributed by atoms with E-state index < -0.39 is 0 Å². The number of urea groups is 1. The second-order valence-corrected chi connectivity index (χ2v) is 8.61. The lowest BCUT2D eigenvalue weighted by atomic mass is 10.1. The molecule has 0 aliphatic heterocycles. The summed E-state index contributed by atoms with van der Waals surface area (Å²) in [4.78, 5) is 26.2. The normalized spacial score (nSPS) is 11.4. The lowest BCUT2D eigenvalue weighted by molar-refractivity contribution is 0.259. The van der Waals surface area contributed by atoms with E-state index >= 15 is 0 Å². The number of hydrogen-bond donors (Lipinski definition) is 2. The molecule has 178 valence electrons. The summed E-state index contributed by atoms with van der Waals surface area (Å²) < 4.78 is 0. The molecule has 4 aromatic rings. The van der Waals surface area contributed by atoms with E-state index in [-0.39, 0.29) is 12.1 Å². The van der Waals surface area contributed by atoms with Crippen LogP contribution in [0.15, 0.2) is 91.1 Å². The summed E-state index contributed by atoms with van der Waals surface area (Å²) in [5.74, 6) is 0.846. The van der Waals surface area contributed by atoms with E-state index in [2.05, 4.69) is 15.6 Å². The Morgan fingerprint density at radius 2 is 1.63 bits per heavy atom. The van der Waals surface area contributed by atoms with Crippen LogP contribution in [0.4, 0.5) is 33.6 Å². The molecular weight excluding hydrogens is 460 g/mol. The topological polar surface area (TPSA) is 73.4 Å². The quantitative estimate of drug-likeness (QED) is 0.302. The Balaban J connectivity index is 1.71. The Labute approximate surface area is 210 Å². The maximum atomic E-state index is 13.6. The minimum Gasteiger partial charge on any atom is -0.376 e. The number of nitrogens with one attached hydrogen (secondary N) is 2. The average Bonchev–Trinajstić information content (AvgIpc) is 2.85. The van der Waals surface area contributed by atoms with Gasteiger partial charge in [0, 0.05) is 37.1 Å². The highest BCUT2D eigenvalue weighted by atomic mass is 35.5. The van der Waals surface area contributed by atoms with Crippen LogP contribution in [-0.4, -0.2) is 30.1 Å². The molecule has 2 N–H and O–H groups in total. The zero-order chi connectivity index (χ0) is 24.8. The molecule has 35 heavy (non-hydrogen) atoms. The number of carbonyl (C=O) groups excluding carboxylic acids is 1. The van der Waals surface area contributed by atoms with Crippen LogP contribution in [0.25, 0.3) is 0 Å². The minimum absolute atomic E-state index is 0.0192. The first-order valence-electron chi connectivity index (χ1n) is 11.2. The number of benzene rings is 3. The van der Waals surface area contributed by atoms with Gasteiger partial charge in [0.15, 0.2) is 0 Å². The minimum atomic E-state index is -0.373. The van der Waals surface area contributed by atoms with Gasteiger partial charge in [-0.3, -0.25) is 0 Å². The summed E-state index contributed by atoms with van der Waals surface area (Å²) in [5, 5.41) is 6.80. The van der Waals surface area contributed by atoms with Gasteiger partial charge in [0.2, 0.25) is 5.95 Å². The van der Waals surface area contributed by atoms with Gasteiger partial charge in [-0.15, -0.1) is 0 Å². The van der Waals surface area contributed by atoms with Crippen molar-refractivity contribution in [1.82, 2.24) is 9.97 Å². The predicted molar refractivity (Wildman–Crippen MR) is 144 cm³/mol. The number of rotatable bonds is 7. The number of aromatic nitrogens is 2. The van der Waals surface area contributed by atoms with Gasteiger partial charge in [-0.25, -0.2) is 14.7 Å². The number of amides is 2. The second-order valence-electron chi connectivity index (χ2n) is 8.17. The first-order chi connectivity index (χ1) is 16.9. The summed E-state index contributed by atoms with van der Waals surface area (Å²) in [6.07, 6.45) is 1.64. The summed E-state index contributed by atoms with van der Waals surface area (Å²) >= 11 is 6.13. The standard InChI is InChI=1S/C27H27ClN6O/c1-19(20-10-5-4-6-11-20)30-26-29-17-16-25(32-26)34(24-15-8-7-14-23(24)33(2)3)27(35)31-22-13-9-12-21(28)18-22/h4-19H,1-3H3,(H,31,35)(H,29,30,32)/t19-/m0/s1. The van der Waals surface area contributed by atoms with Crippen LogP contribution in [0.2, 0.25) is 5.02 Å². The molecule has 1 atom stereocenters. The van der Waals surface area contributed by atoms with Crippen molar-refractivity contribution in [2.24, 2.45) is 0 Å². The molecule has 0 spiro atoms. The van der Waals surface area contributed by atoms with E-state index in [0.29, 0.717) is 28.2 Å². The molecule has 0 radical (unpaired) electrons. The van der Waals surface area contributed by atoms with Crippen LogP contribution in [0.3, 0.4) is 0 Å². The third kappa shape index (κ3) is 5.88. The van der Waals surface area contributed by atoms with Gasteiger partial charge >= 0.3 is 6.03 Å². The maximum absolute atomic E-state index is 13.6. The van der Waals surface area contributed by atoms with Crippen LogP contribution in [0, 0.1) is 0 Å². The van der Waals surface area contributed by atoms with Gasteiger partial charge in [-0.2, -0.15) is 4.98 Å². The van der Waals surface area contributed by atoms with Crippen LogP contribution in [0.5, 0.6) is 0 Å². The van der Waals surface area contributed by atoms with E-state index in [0.717, 1.165) is 11.3 Å². The van der Waals surface area contributed by atoms with Crippen molar-refractivity contribution in [2.45, 2.75) is 13.0 Å². The molecule has 7 nitrogen and oxygen atoms in total. The van der Waals surface area contributed by atoms with Gasteiger partial charge in [0.25, 0.3) is 0 Å². The molecular formula is C27H27ClN6O. The Morgan fingerprint density at radius 3 is 2.34 bits per heavy atom. The molecule has 4 rings (SSSR count). The average molecular weight is 487 g/mol. The first kappa shape index (κ1) is 24.0. The number of para-hydroxylation sites is 2. The SMILES string of the molecule is C[C@H](Nc1nccc(N(C(=O)Nc2cccc(Cl)c2)c2ccccc2N(C)C)n1)c1ccccc1. The van der Waals surface area contributed by atoms with Crippen LogP contribution in [-0.2, 0) is 0 Å². The fraction of sp³-hybridized carbons (Fsp3) is 0.148. The van der Waals surface area contributed by atoms with Crippen molar-refractivity contribution in [3.8, 4) is 0 Å². The third-order valence-corrected chi connectivity index (χ3v) is 5.63. The number of anilines is 5. The van der Waals surface area contributed by atoms with Gasteiger partial charge in [-0.1, -0.05) is 60.1 Å². The molecule has 8 heteroatoms. The van der Waals surface area contributed by atoms with Crippen molar-refractivity contribution < 1.29 is 4.79 Å². The highest BCUT2D eigenvalue weighted by Gasteiger charge is 2.24. The largest absolute Gasteiger partial charge is 0.376 e. The summed E-state index contributed by atoms with van der Waals surface area (Å²) in [6, 6.07) is 26.0.